The third kappa shape index (κ3) is 4.74. The molecule has 5 heteroatoms. The van der Waals surface area contributed by atoms with Gasteiger partial charge in [0, 0.05) is 11.1 Å². The molecule has 4 nitrogen and oxygen atoms in total. The molecule has 0 heterocycles. The molecule has 0 spiro atoms. The highest BCUT2D eigenvalue weighted by Crippen LogP contribution is 2.25. The molecular formula is C16H20ClNO3. The molecule has 1 saturated carbocycles. The molecule has 2 rings (SSSR count). The van der Waals surface area contributed by atoms with E-state index >= 15 is 0 Å². The number of hydrogen-bond acceptors (Lipinski definition) is 3. The Morgan fingerprint density at radius 3 is 2.62 bits per heavy atom. The fourth-order valence-corrected chi connectivity index (χ4v) is 2.96. The van der Waals surface area contributed by atoms with E-state index in [9.17, 15) is 9.59 Å². The minimum absolute atomic E-state index is 0.00113. The van der Waals surface area contributed by atoms with E-state index in [2.05, 4.69) is 5.32 Å². The van der Waals surface area contributed by atoms with Crippen molar-refractivity contribution in [2.24, 2.45) is 5.92 Å². The summed E-state index contributed by atoms with van der Waals surface area (Å²) in [6.45, 7) is 0. The fourth-order valence-electron chi connectivity index (χ4n) is 2.75. The van der Waals surface area contributed by atoms with Crippen LogP contribution in [0.1, 0.15) is 31.2 Å². The van der Waals surface area contributed by atoms with Gasteiger partial charge in [0.15, 0.2) is 0 Å². The van der Waals surface area contributed by atoms with Crippen LogP contribution in [0.4, 0.5) is 0 Å². The zero-order valence-electron chi connectivity index (χ0n) is 12.1. The monoisotopic (exact) mass is 309 g/mol. The number of amides is 1. The van der Waals surface area contributed by atoms with Crippen molar-refractivity contribution < 1.29 is 14.3 Å². The van der Waals surface area contributed by atoms with Crippen molar-refractivity contribution >= 4 is 23.5 Å². The summed E-state index contributed by atoms with van der Waals surface area (Å²) in [7, 11) is 1.42. The normalized spacial score (nSPS) is 21.6. The van der Waals surface area contributed by atoms with Gasteiger partial charge >= 0.3 is 5.97 Å². The van der Waals surface area contributed by atoms with Crippen molar-refractivity contribution in [3.05, 3.63) is 34.9 Å². The number of rotatable bonds is 4. The molecule has 1 aliphatic rings. The number of esters is 1. The van der Waals surface area contributed by atoms with Crippen molar-refractivity contribution in [1.82, 2.24) is 5.32 Å². The second-order valence-electron chi connectivity index (χ2n) is 5.45. The zero-order valence-corrected chi connectivity index (χ0v) is 12.9. The Kier molecular flexibility index (Phi) is 5.62. The first-order chi connectivity index (χ1) is 10.1. The molecule has 0 saturated heterocycles. The van der Waals surface area contributed by atoms with Gasteiger partial charge in [-0.15, -0.1) is 0 Å². The Bertz CT molecular complexity index is 510. The van der Waals surface area contributed by atoms with Crippen molar-refractivity contribution in [2.45, 2.75) is 38.1 Å². The smallest absolute Gasteiger partial charge is 0.308 e. The van der Waals surface area contributed by atoms with E-state index in [1.54, 1.807) is 12.1 Å². The molecule has 0 aromatic heterocycles. The topological polar surface area (TPSA) is 55.4 Å². The lowest BCUT2D eigenvalue weighted by molar-refractivity contribution is -0.146. The van der Waals surface area contributed by atoms with Gasteiger partial charge in [0.2, 0.25) is 5.91 Å². The summed E-state index contributed by atoms with van der Waals surface area (Å²) in [6.07, 6.45) is 3.52. The molecule has 1 aromatic carbocycles. The van der Waals surface area contributed by atoms with E-state index in [1.165, 1.54) is 7.11 Å². The molecule has 0 bridgehead atoms. The van der Waals surface area contributed by atoms with Crippen LogP contribution in [0.2, 0.25) is 5.02 Å². The minimum atomic E-state index is -0.140. The van der Waals surface area contributed by atoms with Crippen molar-refractivity contribution in [3.8, 4) is 0 Å². The largest absolute Gasteiger partial charge is 0.469 e. The number of nitrogens with one attached hydrogen (secondary N) is 1. The van der Waals surface area contributed by atoms with E-state index in [0.717, 1.165) is 31.2 Å². The Morgan fingerprint density at radius 2 is 2.00 bits per heavy atom. The second kappa shape index (κ2) is 7.46. The maximum Gasteiger partial charge on any atom is 0.308 e. The number of carbonyl (C=O) groups excluding carboxylic acids is 2. The van der Waals surface area contributed by atoms with Crippen LogP contribution in [0, 0.1) is 5.92 Å². The summed E-state index contributed by atoms with van der Waals surface area (Å²) < 4.78 is 4.76. The number of methoxy groups -OCH3 is 1. The molecule has 0 aliphatic heterocycles. The highest BCUT2D eigenvalue weighted by Gasteiger charge is 2.27. The van der Waals surface area contributed by atoms with Crippen molar-refractivity contribution in [3.63, 3.8) is 0 Å². The lowest BCUT2D eigenvalue weighted by Gasteiger charge is -2.27. The van der Waals surface area contributed by atoms with E-state index in [4.69, 9.17) is 16.3 Å². The van der Waals surface area contributed by atoms with Gasteiger partial charge in [0.25, 0.3) is 0 Å². The van der Waals surface area contributed by atoms with Crippen molar-refractivity contribution in [1.29, 1.82) is 0 Å². The molecule has 1 N–H and O–H groups in total. The Morgan fingerprint density at radius 1 is 1.29 bits per heavy atom. The third-order valence-corrected chi connectivity index (χ3v) is 4.12. The third-order valence-electron chi connectivity index (χ3n) is 3.88. The number of benzene rings is 1. The average Bonchev–Trinajstić information content (AvgIpc) is 2.47. The molecule has 1 amide bonds. The summed E-state index contributed by atoms with van der Waals surface area (Å²) in [4.78, 5) is 23.5. The van der Waals surface area contributed by atoms with Crippen LogP contribution in [0.3, 0.4) is 0 Å². The molecule has 0 atom stereocenters. The molecule has 0 unspecified atom stereocenters. The first kappa shape index (κ1) is 15.8. The summed E-state index contributed by atoms with van der Waals surface area (Å²) >= 11 is 5.90. The van der Waals surface area contributed by atoms with Gasteiger partial charge in [0.1, 0.15) is 0 Å². The first-order valence-electron chi connectivity index (χ1n) is 7.20. The van der Waals surface area contributed by atoms with Gasteiger partial charge in [-0.2, -0.15) is 0 Å². The Labute approximate surface area is 129 Å². The summed E-state index contributed by atoms with van der Waals surface area (Å²) in [6, 6.07) is 7.47. The summed E-state index contributed by atoms with van der Waals surface area (Å²) in [5.41, 5.74) is 0.906. The lowest BCUT2D eigenvalue weighted by Crippen LogP contribution is -2.39. The predicted octanol–water partition coefficient (Wildman–Crippen LogP) is 2.73. The molecule has 1 aromatic rings. The quantitative estimate of drug-likeness (QED) is 0.870. The van der Waals surface area contributed by atoms with Crippen LogP contribution in [0.15, 0.2) is 24.3 Å². The van der Waals surface area contributed by atoms with E-state index < -0.39 is 0 Å². The molecule has 1 fully saturated rings. The van der Waals surface area contributed by atoms with Crippen molar-refractivity contribution in [2.75, 3.05) is 7.11 Å². The van der Waals surface area contributed by atoms with Crippen LogP contribution in [-0.2, 0) is 20.7 Å². The maximum absolute atomic E-state index is 12.0. The summed E-state index contributed by atoms with van der Waals surface area (Å²) in [5.74, 6) is -0.159. The fraction of sp³-hybridized carbons (Fsp3) is 0.500. The highest BCUT2D eigenvalue weighted by atomic mass is 35.5. The van der Waals surface area contributed by atoms with E-state index in [0.29, 0.717) is 11.4 Å². The molecule has 0 radical (unpaired) electrons. The minimum Gasteiger partial charge on any atom is -0.469 e. The van der Waals surface area contributed by atoms with Crippen LogP contribution in [0.5, 0.6) is 0 Å². The van der Waals surface area contributed by atoms with Gasteiger partial charge in [-0.1, -0.05) is 23.7 Å². The maximum atomic E-state index is 12.0. The van der Waals surface area contributed by atoms with Crippen LogP contribution < -0.4 is 5.32 Å². The summed E-state index contributed by atoms with van der Waals surface area (Å²) in [5, 5.41) is 3.67. The molecule has 1 aliphatic carbocycles. The zero-order chi connectivity index (χ0) is 15.2. The molecule has 21 heavy (non-hydrogen) atoms. The van der Waals surface area contributed by atoms with Gasteiger partial charge in [-0.3, -0.25) is 9.59 Å². The average molecular weight is 310 g/mol. The second-order valence-corrected chi connectivity index (χ2v) is 5.88. The Balaban J connectivity index is 1.78. The predicted molar refractivity (Wildman–Crippen MR) is 81.1 cm³/mol. The van der Waals surface area contributed by atoms with Crippen LogP contribution >= 0.6 is 11.6 Å². The number of halogens is 1. The number of carbonyl (C=O) groups is 2. The molecular weight excluding hydrogens is 290 g/mol. The Hall–Kier alpha value is -1.55. The number of hydrogen-bond donors (Lipinski definition) is 1. The number of ether oxygens (including phenoxy) is 1. The van der Waals surface area contributed by atoms with E-state index in [1.807, 2.05) is 12.1 Å². The standard InChI is InChI=1S/C16H20ClNO3/c1-21-16(20)12-5-7-14(8-6-12)18-15(19)10-11-3-2-4-13(17)9-11/h2-4,9,12,14H,5-8,10H2,1H3,(H,18,19). The van der Waals surface area contributed by atoms with Gasteiger partial charge in [0.05, 0.1) is 19.4 Å². The van der Waals surface area contributed by atoms with Gasteiger partial charge in [-0.25, -0.2) is 0 Å². The highest BCUT2D eigenvalue weighted by molar-refractivity contribution is 6.30. The lowest BCUT2D eigenvalue weighted by atomic mass is 9.86. The first-order valence-corrected chi connectivity index (χ1v) is 7.58. The molecule has 114 valence electrons. The van der Waals surface area contributed by atoms with Crippen LogP contribution in [0.25, 0.3) is 0 Å². The van der Waals surface area contributed by atoms with E-state index in [-0.39, 0.29) is 23.8 Å². The SMILES string of the molecule is COC(=O)C1CCC(NC(=O)Cc2cccc(Cl)c2)CC1. The van der Waals surface area contributed by atoms with Crippen LogP contribution in [-0.4, -0.2) is 25.0 Å². The van der Waals surface area contributed by atoms with Gasteiger partial charge < -0.3 is 10.1 Å². The van der Waals surface area contributed by atoms with Gasteiger partial charge in [-0.05, 0) is 43.4 Å².